The van der Waals surface area contributed by atoms with Crippen LogP contribution in [0.5, 0.6) is 0 Å². The lowest BCUT2D eigenvalue weighted by molar-refractivity contribution is -0.165. The summed E-state index contributed by atoms with van der Waals surface area (Å²) < 4.78 is 12.9. The molecule has 0 heterocycles. The first-order chi connectivity index (χ1) is 7.97. The summed E-state index contributed by atoms with van der Waals surface area (Å²) in [5.74, 6) is 0.412. The summed E-state index contributed by atoms with van der Waals surface area (Å²) in [6.07, 6.45) is 3.60. The van der Waals surface area contributed by atoms with Crippen LogP contribution < -0.4 is 5.73 Å². The van der Waals surface area contributed by atoms with E-state index in [-0.39, 0.29) is 5.82 Å². The van der Waals surface area contributed by atoms with Crippen molar-refractivity contribution in [3.63, 3.8) is 0 Å². The summed E-state index contributed by atoms with van der Waals surface area (Å²) >= 11 is 0. The van der Waals surface area contributed by atoms with Crippen molar-refractivity contribution in [2.45, 2.75) is 44.6 Å². The van der Waals surface area contributed by atoms with Gasteiger partial charge in [0.05, 0.1) is 0 Å². The number of hydrogen-bond acceptors (Lipinski definition) is 1. The quantitative estimate of drug-likeness (QED) is 0.852. The van der Waals surface area contributed by atoms with Crippen LogP contribution in [0.3, 0.4) is 0 Å². The topological polar surface area (TPSA) is 26.0 Å². The van der Waals surface area contributed by atoms with Gasteiger partial charge in [-0.1, -0.05) is 26.0 Å². The van der Waals surface area contributed by atoms with Gasteiger partial charge in [-0.15, -0.1) is 0 Å². The Morgan fingerprint density at radius 3 is 2.12 bits per heavy atom. The third kappa shape index (κ3) is 1.40. The van der Waals surface area contributed by atoms with E-state index in [0.717, 1.165) is 0 Å². The summed E-state index contributed by atoms with van der Waals surface area (Å²) in [5, 5.41) is 0. The minimum atomic E-state index is -0.144. The smallest absolute Gasteiger partial charge is 0.123 e. The maximum Gasteiger partial charge on any atom is 0.123 e. The number of nitrogens with two attached hydrogens (primary N) is 1. The Morgan fingerprint density at radius 2 is 1.65 bits per heavy atom. The SMILES string of the molecule is CC(C)C(N)C12CC(c3ccc(F)cc3)(C1)C2. The molecule has 0 saturated heterocycles. The first-order valence-electron chi connectivity index (χ1n) is 6.49. The van der Waals surface area contributed by atoms with Crippen molar-refractivity contribution in [2.24, 2.45) is 17.1 Å². The van der Waals surface area contributed by atoms with E-state index in [1.165, 1.54) is 24.8 Å². The molecule has 1 unspecified atom stereocenters. The van der Waals surface area contributed by atoms with Crippen LogP contribution in [0, 0.1) is 17.2 Å². The van der Waals surface area contributed by atoms with E-state index in [1.54, 1.807) is 12.1 Å². The van der Waals surface area contributed by atoms with Gasteiger partial charge in [0.1, 0.15) is 5.82 Å². The molecule has 4 rings (SSSR count). The van der Waals surface area contributed by atoms with Gasteiger partial charge in [-0.05, 0) is 53.7 Å². The maximum absolute atomic E-state index is 12.9. The molecule has 1 aromatic rings. The molecule has 2 heteroatoms. The zero-order valence-electron chi connectivity index (χ0n) is 10.5. The lowest BCUT2D eigenvalue weighted by atomic mass is 9.31. The van der Waals surface area contributed by atoms with Crippen molar-refractivity contribution in [1.82, 2.24) is 0 Å². The van der Waals surface area contributed by atoms with E-state index >= 15 is 0 Å². The summed E-state index contributed by atoms with van der Waals surface area (Å²) in [6, 6.07) is 7.36. The number of hydrogen-bond donors (Lipinski definition) is 1. The molecule has 0 radical (unpaired) electrons. The number of halogens is 1. The monoisotopic (exact) mass is 233 g/mol. The van der Waals surface area contributed by atoms with Crippen LogP contribution in [-0.2, 0) is 5.41 Å². The highest BCUT2D eigenvalue weighted by molar-refractivity contribution is 5.40. The van der Waals surface area contributed by atoms with Gasteiger partial charge in [-0.3, -0.25) is 0 Å². The van der Waals surface area contributed by atoms with E-state index in [9.17, 15) is 4.39 Å². The third-order valence-corrected chi connectivity index (χ3v) is 4.95. The second-order valence-electron chi connectivity index (χ2n) is 6.45. The molecule has 92 valence electrons. The van der Waals surface area contributed by atoms with Gasteiger partial charge in [0, 0.05) is 6.04 Å². The number of benzene rings is 1. The lowest BCUT2D eigenvalue weighted by Gasteiger charge is -2.74. The molecule has 0 amide bonds. The molecule has 1 atom stereocenters. The van der Waals surface area contributed by atoms with Crippen molar-refractivity contribution in [1.29, 1.82) is 0 Å². The van der Waals surface area contributed by atoms with Crippen molar-refractivity contribution >= 4 is 0 Å². The highest BCUT2D eigenvalue weighted by Crippen LogP contribution is 2.75. The molecule has 3 saturated carbocycles. The van der Waals surface area contributed by atoms with Gasteiger partial charge >= 0.3 is 0 Å². The zero-order chi connectivity index (χ0) is 12.3. The van der Waals surface area contributed by atoms with Crippen molar-refractivity contribution in [2.75, 3.05) is 0 Å². The standard InChI is InChI=1S/C15H20FN/c1-10(2)13(17)15-7-14(8-15,9-15)11-3-5-12(16)6-4-11/h3-6,10,13H,7-9,17H2,1-2H3. The van der Waals surface area contributed by atoms with E-state index in [4.69, 9.17) is 5.73 Å². The average Bonchev–Trinajstić information content (AvgIpc) is 2.16. The summed E-state index contributed by atoms with van der Waals surface area (Å²) in [6.45, 7) is 4.41. The van der Waals surface area contributed by atoms with Crippen LogP contribution >= 0.6 is 0 Å². The Balaban J connectivity index is 1.74. The Hall–Kier alpha value is -0.890. The minimum Gasteiger partial charge on any atom is -0.327 e. The fourth-order valence-electron chi connectivity index (χ4n) is 4.04. The Kier molecular flexibility index (Phi) is 2.19. The van der Waals surface area contributed by atoms with E-state index in [1.807, 2.05) is 12.1 Å². The second kappa shape index (κ2) is 3.32. The summed E-state index contributed by atoms with van der Waals surface area (Å²) in [5.41, 5.74) is 8.32. The van der Waals surface area contributed by atoms with Gasteiger partial charge in [0.25, 0.3) is 0 Å². The van der Waals surface area contributed by atoms with Gasteiger partial charge in [-0.2, -0.15) is 0 Å². The number of rotatable bonds is 3. The molecule has 2 N–H and O–H groups in total. The van der Waals surface area contributed by atoms with Gasteiger partial charge in [0.2, 0.25) is 0 Å². The van der Waals surface area contributed by atoms with Gasteiger partial charge in [0.15, 0.2) is 0 Å². The summed E-state index contributed by atoms with van der Waals surface area (Å²) in [4.78, 5) is 0. The van der Waals surface area contributed by atoms with Crippen LogP contribution in [0.25, 0.3) is 0 Å². The predicted molar refractivity (Wildman–Crippen MR) is 67.2 cm³/mol. The highest BCUT2D eigenvalue weighted by Gasteiger charge is 2.70. The molecular formula is C15H20FN. The molecular weight excluding hydrogens is 213 g/mol. The zero-order valence-corrected chi connectivity index (χ0v) is 10.5. The molecule has 2 bridgehead atoms. The van der Waals surface area contributed by atoms with Crippen LogP contribution in [0.2, 0.25) is 0 Å². The molecule has 17 heavy (non-hydrogen) atoms. The van der Waals surface area contributed by atoms with E-state index < -0.39 is 0 Å². The normalized spacial score (nSPS) is 36.3. The third-order valence-electron chi connectivity index (χ3n) is 4.95. The van der Waals surface area contributed by atoms with Crippen LogP contribution in [0.1, 0.15) is 38.7 Å². The van der Waals surface area contributed by atoms with Gasteiger partial charge < -0.3 is 5.73 Å². The molecule has 0 aromatic heterocycles. The van der Waals surface area contributed by atoms with Crippen LogP contribution in [0.4, 0.5) is 4.39 Å². The fraction of sp³-hybridized carbons (Fsp3) is 0.600. The summed E-state index contributed by atoms with van der Waals surface area (Å²) in [7, 11) is 0. The minimum absolute atomic E-state index is 0.144. The molecule has 3 fully saturated rings. The lowest BCUT2D eigenvalue weighted by Crippen LogP contribution is -2.71. The van der Waals surface area contributed by atoms with Crippen LogP contribution in [0.15, 0.2) is 24.3 Å². The average molecular weight is 233 g/mol. The second-order valence-corrected chi connectivity index (χ2v) is 6.45. The molecule has 1 aromatic carbocycles. The fourth-order valence-corrected chi connectivity index (χ4v) is 4.04. The van der Waals surface area contributed by atoms with Crippen molar-refractivity contribution in [3.8, 4) is 0 Å². The molecule has 0 aliphatic heterocycles. The van der Waals surface area contributed by atoms with Crippen molar-refractivity contribution < 1.29 is 4.39 Å². The van der Waals surface area contributed by atoms with Crippen molar-refractivity contribution in [3.05, 3.63) is 35.6 Å². The Labute approximate surface area is 102 Å². The molecule has 3 aliphatic rings. The maximum atomic E-state index is 12.9. The Bertz CT molecular complexity index is 415. The largest absolute Gasteiger partial charge is 0.327 e. The first-order valence-corrected chi connectivity index (χ1v) is 6.49. The first kappa shape index (κ1) is 11.2. The molecule has 1 nitrogen and oxygen atoms in total. The Morgan fingerprint density at radius 1 is 1.12 bits per heavy atom. The highest BCUT2D eigenvalue weighted by atomic mass is 19.1. The van der Waals surface area contributed by atoms with E-state index in [2.05, 4.69) is 13.8 Å². The predicted octanol–water partition coefficient (Wildman–Crippen LogP) is 3.23. The molecule has 0 spiro atoms. The van der Waals surface area contributed by atoms with Crippen LogP contribution in [-0.4, -0.2) is 6.04 Å². The van der Waals surface area contributed by atoms with E-state index in [0.29, 0.717) is 22.8 Å². The van der Waals surface area contributed by atoms with Gasteiger partial charge in [-0.25, -0.2) is 4.39 Å². The molecule has 3 aliphatic carbocycles.